The maximum absolute atomic E-state index is 12.0. The Bertz CT molecular complexity index is 681. The molecule has 1 fully saturated rings. The highest BCUT2D eigenvalue weighted by Gasteiger charge is 2.23. The number of nitrogens with one attached hydrogen (secondary N) is 1. The maximum Gasteiger partial charge on any atom is 0.251 e. The van der Waals surface area contributed by atoms with E-state index in [0.717, 1.165) is 24.2 Å². The molecule has 126 valence electrons. The second-order valence-corrected chi connectivity index (χ2v) is 6.89. The molecule has 2 aromatic rings. The molecule has 1 aliphatic rings. The van der Waals surface area contributed by atoms with Crippen LogP contribution in [0.25, 0.3) is 0 Å². The highest BCUT2D eigenvalue weighted by molar-refractivity contribution is 7.99. The van der Waals surface area contributed by atoms with Gasteiger partial charge >= 0.3 is 0 Å². The zero-order valence-corrected chi connectivity index (χ0v) is 14.2. The van der Waals surface area contributed by atoms with Crippen LogP contribution in [0.5, 0.6) is 0 Å². The largest absolute Gasteiger partial charge is 0.618 e. The molecule has 0 radical (unpaired) electrons. The number of amides is 1. The summed E-state index contributed by atoms with van der Waals surface area (Å²) in [6.07, 6.45) is 2.53. The van der Waals surface area contributed by atoms with Gasteiger partial charge in [-0.05, 0) is 42.3 Å². The van der Waals surface area contributed by atoms with Crippen LogP contribution in [0.3, 0.4) is 0 Å². The van der Waals surface area contributed by atoms with Crippen molar-refractivity contribution in [1.29, 1.82) is 0 Å². The van der Waals surface area contributed by atoms with E-state index in [1.807, 2.05) is 18.2 Å². The van der Waals surface area contributed by atoms with Gasteiger partial charge in [0.25, 0.3) is 5.03 Å². The fraction of sp³-hybridized carbons (Fsp3) is 0.333. The number of pyridine rings is 1. The fourth-order valence-electron chi connectivity index (χ4n) is 2.85. The minimum Gasteiger partial charge on any atom is -0.618 e. The molecule has 1 aromatic heterocycles. The van der Waals surface area contributed by atoms with Gasteiger partial charge in [-0.2, -0.15) is 4.73 Å². The first-order valence-corrected chi connectivity index (χ1v) is 9.08. The highest BCUT2D eigenvalue weighted by atomic mass is 32.2. The van der Waals surface area contributed by atoms with Crippen LogP contribution in [-0.2, 0) is 4.79 Å². The molecule has 6 heteroatoms. The van der Waals surface area contributed by atoms with Crippen molar-refractivity contribution in [1.82, 2.24) is 5.32 Å². The van der Waals surface area contributed by atoms with Crippen LogP contribution >= 0.6 is 11.8 Å². The molecule has 1 unspecified atom stereocenters. The minimum atomic E-state index is -0.0259. The molecule has 1 amide bonds. The summed E-state index contributed by atoms with van der Waals surface area (Å²) in [4.78, 5) is 14.3. The summed E-state index contributed by atoms with van der Waals surface area (Å²) in [5.41, 5.74) is 1.24. The number of carbonyl (C=O) groups excluding carboxylic acids is 1. The van der Waals surface area contributed by atoms with E-state index >= 15 is 0 Å². The lowest BCUT2D eigenvalue weighted by molar-refractivity contribution is -0.645. The van der Waals surface area contributed by atoms with Crippen LogP contribution in [0.1, 0.15) is 6.42 Å². The highest BCUT2D eigenvalue weighted by Crippen LogP contribution is 2.23. The molecule has 1 aromatic carbocycles. The third-order valence-electron chi connectivity index (χ3n) is 4.13. The molecule has 0 spiro atoms. The number of anilines is 1. The first-order valence-electron chi connectivity index (χ1n) is 8.10. The monoisotopic (exact) mass is 343 g/mol. The first-order chi connectivity index (χ1) is 11.7. The van der Waals surface area contributed by atoms with E-state index in [9.17, 15) is 10.0 Å². The Kier molecular flexibility index (Phi) is 5.59. The van der Waals surface area contributed by atoms with Gasteiger partial charge < -0.3 is 15.4 Å². The molecule has 1 aliphatic heterocycles. The summed E-state index contributed by atoms with van der Waals surface area (Å²) in [5.74, 6) is 0.712. The Labute approximate surface area is 146 Å². The molecule has 5 nitrogen and oxygen atoms in total. The summed E-state index contributed by atoms with van der Waals surface area (Å²) < 4.78 is 0.784. The molecular weight excluding hydrogens is 322 g/mol. The third-order valence-corrected chi connectivity index (χ3v) is 5.15. The standard InChI is InChI=1S/C18H21N3O2S/c22-17(14-24-18-8-4-5-10-21(18)23)19-12-15-9-11-20(13-15)16-6-2-1-3-7-16/h1-8,10,15H,9,11-14H2,(H,19,22). The number of thioether (sulfide) groups is 1. The first kappa shape index (κ1) is 16.6. The second kappa shape index (κ2) is 8.06. The van der Waals surface area contributed by atoms with Crippen molar-refractivity contribution in [2.75, 3.05) is 30.3 Å². The van der Waals surface area contributed by atoms with Crippen molar-refractivity contribution in [2.45, 2.75) is 11.4 Å². The van der Waals surface area contributed by atoms with E-state index in [2.05, 4.69) is 22.3 Å². The van der Waals surface area contributed by atoms with Crippen molar-refractivity contribution in [2.24, 2.45) is 5.92 Å². The van der Waals surface area contributed by atoms with Gasteiger partial charge in [-0.1, -0.05) is 18.2 Å². The van der Waals surface area contributed by atoms with Gasteiger partial charge in [0, 0.05) is 37.5 Å². The van der Waals surface area contributed by atoms with Crippen LogP contribution in [0.15, 0.2) is 59.8 Å². The zero-order valence-electron chi connectivity index (χ0n) is 13.4. The van der Waals surface area contributed by atoms with Crippen molar-refractivity contribution in [3.8, 4) is 0 Å². The Morgan fingerprint density at radius 2 is 2.04 bits per heavy atom. The van der Waals surface area contributed by atoms with Crippen molar-refractivity contribution >= 4 is 23.4 Å². The summed E-state index contributed by atoms with van der Waals surface area (Å²) in [6.45, 7) is 2.69. The van der Waals surface area contributed by atoms with Crippen LogP contribution in [0.4, 0.5) is 5.69 Å². The van der Waals surface area contributed by atoms with Crippen LogP contribution in [-0.4, -0.2) is 31.3 Å². The van der Waals surface area contributed by atoms with E-state index in [-0.39, 0.29) is 11.7 Å². The topological polar surface area (TPSA) is 59.3 Å². The molecule has 1 atom stereocenters. The van der Waals surface area contributed by atoms with Gasteiger partial charge in [-0.3, -0.25) is 4.79 Å². The lowest BCUT2D eigenvalue weighted by Gasteiger charge is -2.18. The van der Waals surface area contributed by atoms with Gasteiger partial charge in [0.05, 0.1) is 5.75 Å². The maximum atomic E-state index is 12.0. The molecule has 3 rings (SSSR count). The normalized spacial score (nSPS) is 17.0. The van der Waals surface area contributed by atoms with Gasteiger partial charge in [-0.25, -0.2) is 0 Å². The van der Waals surface area contributed by atoms with E-state index in [1.165, 1.54) is 23.6 Å². The number of aromatic nitrogens is 1. The van der Waals surface area contributed by atoms with Crippen LogP contribution in [0.2, 0.25) is 0 Å². The summed E-state index contributed by atoms with van der Waals surface area (Å²) in [6, 6.07) is 15.6. The number of nitrogens with zero attached hydrogens (tertiary/aromatic N) is 2. The molecule has 1 saturated heterocycles. The SMILES string of the molecule is O=C(CSc1cccc[n+]1[O-])NCC1CCN(c2ccccc2)C1. The number of benzene rings is 1. The summed E-state index contributed by atoms with van der Waals surface area (Å²) in [7, 11) is 0. The van der Waals surface area contributed by atoms with Gasteiger partial charge in [-0.15, -0.1) is 0 Å². The Hall–Kier alpha value is -2.21. The fourth-order valence-corrected chi connectivity index (χ4v) is 3.59. The quantitative estimate of drug-likeness (QED) is 0.495. The predicted octanol–water partition coefficient (Wildman–Crippen LogP) is 2.05. The lowest BCUT2D eigenvalue weighted by Crippen LogP contribution is -2.33. The van der Waals surface area contributed by atoms with Crippen molar-refractivity contribution in [3.63, 3.8) is 0 Å². The third kappa shape index (κ3) is 4.41. The van der Waals surface area contributed by atoms with Gasteiger partial charge in [0.15, 0.2) is 6.20 Å². The second-order valence-electron chi connectivity index (χ2n) is 5.89. The number of rotatable bonds is 6. The lowest BCUT2D eigenvalue weighted by atomic mass is 10.1. The average Bonchev–Trinajstić information content (AvgIpc) is 3.09. The molecule has 0 saturated carbocycles. The Morgan fingerprint density at radius 3 is 2.83 bits per heavy atom. The molecule has 24 heavy (non-hydrogen) atoms. The van der Waals surface area contributed by atoms with Crippen LogP contribution < -0.4 is 14.9 Å². The smallest absolute Gasteiger partial charge is 0.251 e. The average molecular weight is 343 g/mol. The minimum absolute atomic E-state index is 0.0259. The van der Waals surface area contributed by atoms with Crippen LogP contribution in [0, 0.1) is 11.1 Å². The van der Waals surface area contributed by atoms with Gasteiger partial charge in [0.2, 0.25) is 5.91 Å². The molecule has 1 N–H and O–H groups in total. The van der Waals surface area contributed by atoms with Crippen molar-refractivity contribution in [3.05, 3.63) is 59.9 Å². The van der Waals surface area contributed by atoms with Crippen molar-refractivity contribution < 1.29 is 9.52 Å². The number of hydrogen-bond donors (Lipinski definition) is 1. The molecule has 2 heterocycles. The summed E-state index contributed by atoms with van der Waals surface area (Å²) >= 11 is 1.26. The predicted molar refractivity (Wildman–Crippen MR) is 95.9 cm³/mol. The molecule has 0 bridgehead atoms. The number of carbonyl (C=O) groups is 1. The Morgan fingerprint density at radius 1 is 1.25 bits per heavy atom. The van der Waals surface area contributed by atoms with E-state index in [4.69, 9.17) is 0 Å². The zero-order chi connectivity index (χ0) is 16.8. The van der Waals surface area contributed by atoms with Gasteiger partial charge in [0.1, 0.15) is 0 Å². The number of para-hydroxylation sites is 1. The summed E-state index contributed by atoms with van der Waals surface area (Å²) in [5, 5.41) is 15.1. The van der Waals surface area contributed by atoms with E-state index in [1.54, 1.807) is 18.2 Å². The Balaban J connectivity index is 1.40. The molecular formula is C18H21N3O2S. The van der Waals surface area contributed by atoms with E-state index in [0.29, 0.717) is 17.5 Å². The molecule has 0 aliphatic carbocycles. The van der Waals surface area contributed by atoms with E-state index < -0.39 is 0 Å². The number of hydrogen-bond acceptors (Lipinski definition) is 4.